The highest BCUT2D eigenvalue weighted by molar-refractivity contribution is 7.46. The first-order valence-electron chi connectivity index (χ1n) is 7.52. The van der Waals surface area contributed by atoms with Crippen molar-refractivity contribution >= 4 is 32.6 Å². The lowest BCUT2D eigenvalue weighted by Crippen LogP contribution is -2.21. The Labute approximate surface area is 152 Å². The van der Waals surface area contributed by atoms with Crippen molar-refractivity contribution in [3.8, 4) is 0 Å². The van der Waals surface area contributed by atoms with E-state index in [1.807, 2.05) is 0 Å². The molecule has 150 valence electrons. The summed E-state index contributed by atoms with van der Waals surface area (Å²) in [6.07, 6.45) is -0.558. The Balaban J connectivity index is 1.90. The molecule has 0 radical (unpaired) electrons. The number of phosphoric acid groups is 2. The molecule has 3 atom stereocenters. The predicted octanol–water partition coefficient (Wildman–Crippen LogP) is -0.257. The molecule has 1 fully saturated rings. The van der Waals surface area contributed by atoms with Crippen LogP contribution in [0.3, 0.4) is 0 Å². The minimum absolute atomic E-state index is 0.0839. The summed E-state index contributed by atoms with van der Waals surface area (Å²) in [6, 6.07) is 0. The average molecular weight is 425 g/mol. The van der Waals surface area contributed by atoms with Crippen LogP contribution in [-0.4, -0.2) is 65.0 Å². The van der Waals surface area contributed by atoms with E-state index >= 15 is 0 Å². The van der Waals surface area contributed by atoms with Gasteiger partial charge in [0.25, 0.3) is 0 Å². The zero-order chi connectivity index (χ0) is 19.8. The number of rotatable bonds is 7. The maximum absolute atomic E-state index is 11.3. The molecule has 2 aromatic rings. The van der Waals surface area contributed by atoms with Crippen LogP contribution in [0.2, 0.25) is 0 Å². The van der Waals surface area contributed by atoms with E-state index in [9.17, 15) is 9.13 Å². The molecular weight excluding hydrogens is 408 g/mol. The average Bonchev–Trinajstić information content (AvgIpc) is 3.14. The summed E-state index contributed by atoms with van der Waals surface area (Å²) in [5.41, 5.74) is 0.712. The van der Waals surface area contributed by atoms with Crippen molar-refractivity contribution < 1.29 is 42.5 Å². The molecule has 14 nitrogen and oxygen atoms in total. The Hall–Kier alpha value is -1.47. The van der Waals surface area contributed by atoms with Crippen molar-refractivity contribution in [2.45, 2.75) is 24.9 Å². The maximum Gasteiger partial charge on any atom is 0.470 e. The van der Waals surface area contributed by atoms with E-state index < -0.39 is 40.7 Å². The number of hydrogen-bond acceptors (Lipinski definition) is 9. The van der Waals surface area contributed by atoms with Crippen LogP contribution in [0.1, 0.15) is 12.6 Å². The third-order valence-corrected chi connectivity index (χ3v) is 4.75. The number of phosphoric ester groups is 2. The molecule has 16 heteroatoms. The fourth-order valence-electron chi connectivity index (χ4n) is 2.74. The first-order chi connectivity index (χ1) is 12.6. The van der Waals surface area contributed by atoms with Gasteiger partial charge in [-0.1, -0.05) is 0 Å². The second-order valence-electron chi connectivity index (χ2n) is 5.60. The SMILES string of the molecule is CNc1ncnc2c1ncn2C1OC(COP(=O)(O)O)CC1OP(=O)(O)O. The number of aromatic nitrogens is 4. The number of hydrogen-bond donors (Lipinski definition) is 5. The van der Waals surface area contributed by atoms with E-state index in [0.29, 0.717) is 17.0 Å². The minimum Gasteiger partial charge on any atom is -0.371 e. The highest BCUT2D eigenvalue weighted by Gasteiger charge is 2.42. The zero-order valence-corrected chi connectivity index (χ0v) is 15.6. The summed E-state index contributed by atoms with van der Waals surface area (Å²) >= 11 is 0. The molecule has 3 unspecified atom stereocenters. The number of fused-ring (bicyclic) bond motifs is 1. The van der Waals surface area contributed by atoms with Crippen LogP contribution in [0, 0.1) is 0 Å². The summed E-state index contributed by atoms with van der Waals surface area (Å²) in [6.45, 7) is -0.495. The van der Waals surface area contributed by atoms with Gasteiger partial charge in [0.1, 0.15) is 17.9 Å². The van der Waals surface area contributed by atoms with Gasteiger partial charge in [0.15, 0.2) is 17.7 Å². The number of ether oxygens (including phenoxy) is 1. The summed E-state index contributed by atoms with van der Waals surface area (Å²) in [7, 11) is -7.95. The van der Waals surface area contributed by atoms with Crippen molar-refractivity contribution in [1.82, 2.24) is 19.5 Å². The highest BCUT2D eigenvalue weighted by Crippen LogP contribution is 2.46. The first kappa shape index (κ1) is 20.3. The van der Waals surface area contributed by atoms with Crippen LogP contribution >= 0.6 is 15.6 Å². The molecule has 0 spiro atoms. The molecule has 1 saturated heterocycles. The van der Waals surface area contributed by atoms with Crippen LogP contribution in [0.5, 0.6) is 0 Å². The maximum atomic E-state index is 11.3. The molecule has 3 rings (SSSR count). The van der Waals surface area contributed by atoms with E-state index in [-0.39, 0.29) is 6.42 Å². The monoisotopic (exact) mass is 425 g/mol. The van der Waals surface area contributed by atoms with Crippen LogP contribution < -0.4 is 5.32 Å². The number of imidazole rings is 1. The summed E-state index contributed by atoms with van der Waals surface area (Å²) < 4.78 is 38.4. The van der Waals surface area contributed by atoms with Crippen molar-refractivity contribution in [3.63, 3.8) is 0 Å². The molecule has 5 N–H and O–H groups in total. The smallest absolute Gasteiger partial charge is 0.371 e. The van der Waals surface area contributed by atoms with Gasteiger partial charge in [0.2, 0.25) is 0 Å². The fourth-order valence-corrected chi connectivity index (χ4v) is 3.64. The zero-order valence-electron chi connectivity index (χ0n) is 13.8. The molecule has 3 heterocycles. The third kappa shape index (κ3) is 4.88. The molecule has 1 aliphatic rings. The van der Waals surface area contributed by atoms with E-state index in [0.717, 1.165) is 0 Å². The Bertz CT molecular complexity index is 911. The second kappa shape index (κ2) is 7.51. The number of nitrogens with one attached hydrogen (secondary N) is 1. The third-order valence-electron chi connectivity index (χ3n) is 3.72. The molecule has 0 aliphatic carbocycles. The lowest BCUT2D eigenvalue weighted by Gasteiger charge is -2.20. The van der Waals surface area contributed by atoms with Gasteiger partial charge < -0.3 is 29.6 Å². The Morgan fingerprint density at radius 1 is 1.26 bits per heavy atom. The quantitative estimate of drug-likeness (QED) is 0.364. The second-order valence-corrected chi connectivity index (χ2v) is 8.03. The van der Waals surface area contributed by atoms with Crippen molar-refractivity contribution in [2.24, 2.45) is 0 Å². The molecule has 0 saturated carbocycles. The summed E-state index contributed by atoms with van der Waals surface area (Å²) in [4.78, 5) is 48.2. The largest absolute Gasteiger partial charge is 0.470 e. The van der Waals surface area contributed by atoms with Gasteiger partial charge in [-0.2, -0.15) is 0 Å². The van der Waals surface area contributed by atoms with E-state index in [4.69, 9.17) is 28.8 Å². The molecule has 1 aliphatic heterocycles. The van der Waals surface area contributed by atoms with Crippen molar-refractivity contribution in [2.75, 3.05) is 19.0 Å². The van der Waals surface area contributed by atoms with Gasteiger partial charge in [-0.3, -0.25) is 13.6 Å². The minimum atomic E-state index is -4.86. The summed E-state index contributed by atoms with van der Waals surface area (Å²) in [5.74, 6) is 0.436. The normalized spacial score (nSPS) is 23.8. The lowest BCUT2D eigenvalue weighted by molar-refractivity contribution is -0.0472. The van der Waals surface area contributed by atoms with E-state index in [2.05, 4.69) is 24.8 Å². The van der Waals surface area contributed by atoms with Gasteiger partial charge in [0, 0.05) is 13.5 Å². The van der Waals surface area contributed by atoms with Gasteiger partial charge in [0.05, 0.1) is 19.0 Å². The highest BCUT2D eigenvalue weighted by atomic mass is 31.2. The van der Waals surface area contributed by atoms with E-state index in [1.165, 1.54) is 17.2 Å². The predicted molar refractivity (Wildman–Crippen MR) is 88.3 cm³/mol. The van der Waals surface area contributed by atoms with Crippen LogP contribution in [0.15, 0.2) is 12.7 Å². The topological polar surface area (TPSA) is 198 Å². The molecule has 2 aromatic heterocycles. The van der Waals surface area contributed by atoms with Crippen molar-refractivity contribution in [3.05, 3.63) is 12.7 Å². The molecule has 0 aromatic carbocycles. The van der Waals surface area contributed by atoms with Gasteiger partial charge in [-0.05, 0) is 0 Å². The van der Waals surface area contributed by atoms with Crippen molar-refractivity contribution in [1.29, 1.82) is 0 Å². The van der Waals surface area contributed by atoms with Gasteiger partial charge in [-0.15, -0.1) is 0 Å². The molecule has 0 amide bonds. The van der Waals surface area contributed by atoms with Gasteiger partial charge in [-0.25, -0.2) is 24.1 Å². The van der Waals surface area contributed by atoms with Crippen LogP contribution in [0.25, 0.3) is 11.2 Å². The molecular formula is C11H17N5O9P2. The number of nitrogens with zero attached hydrogens (tertiary/aromatic N) is 4. The standard InChI is InChI=1S/C11H17N5O9P2/c1-12-9-8-10(14-4-13-9)16(5-15-8)11-7(25-27(20,21)22)2-6(24-11)3-23-26(17,18)19/h4-7,11H,2-3H2,1H3,(H,12,13,14)(H2,17,18,19)(H2,20,21,22). The fraction of sp³-hybridized carbons (Fsp3) is 0.545. The van der Waals surface area contributed by atoms with Crippen LogP contribution in [-0.2, 0) is 22.9 Å². The van der Waals surface area contributed by atoms with Gasteiger partial charge >= 0.3 is 15.6 Å². The number of anilines is 1. The Morgan fingerprint density at radius 2 is 2.00 bits per heavy atom. The Kier molecular flexibility index (Phi) is 5.64. The first-order valence-corrected chi connectivity index (χ1v) is 10.6. The van der Waals surface area contributed by atoms with E-state index in [1.54, 1.807) is 7.05 Å². The lowest BCUT2D eigenvalue weighted by atomic mass is 10.2. The summed E-state index contributed by atoms with van der Waals surface area (Å²) in [5, 5.41) is 2.84. The molecule has 0 bridgehead atoms. The Morgan fingerprint density at radius 3 is 2.63 bits per heavy atom. The van der Waals surface area contributed by atoms with Crippen LogP contribution in [0.4, 0.5) is 5.82 Å². The molecule has 27 heavy (non-hydrogen) atoms.